The molecule has 0 saturated carbocycles. The van der Waals surface area contributed by atoms with Crippen molar-refractivity contribution in [2.45, 2.75) is 19.3 Å². The van der Waals surface area contributed by atoms with E-state index in [0.29, 0.717) is 28.0 Å². The first-order chi connectivity index (χ1) is 14.7. The van der Waals surface area contributed by atoms with Gasteiger partial charge in [0.1, 0.15) is 5.82 Å². The number of nitrogens with zero attached hydrogens (tertiary/aromatic N) is 1. The van der Waals surface area contributed by atoms with E-state index in [1.165, 1.54) is 11.3 Å². The number of Topliss-reactive ketones (excluding diaryl/α,β-unsaturated/α-hetero) is 1. The molecule has 0 radical (unpaired) electrons. The second-order valence-corrected chi connectivity index (χ2v) is 9.80. The van der Waals surface area contributed by atoms with Crippen LogP contribution in [0.3, 0.4) is 0 Å². The summed E-state index contributed by atoms with van der Waals surface area (Å²) in [6.45, 7) is -0.144. The molecule has 0 unspecified atom stereocenters. The molecule has 0 amide bonds. The molecule has 0 aliphatic heterocycles. The third kappa shape index (κ3) is 6.81. The second-order valence-electron chi connectivity index (χ2n) is 6.80. The van der Waals surface area contributed by atoms with E-state index in [9.17, 15) is 22.8 Å². The summed E-state index contributed by atoms with van der Waals surface area (Å²) in [5.41, 5.74) is 0.273. The predicted molar refractivity (Wildman–Crippen MR) is 117 cm³/mol. The molecule has 0 spiro atoms. The van der Waals surface area contributed by atoms with Gasteiger partial charge >= 0.3 is 5.97 Å². The first-order valence-corrected chi connectivity index (χ1v) is 12.1. The van der Waals surface area contributed by atoms with Gasteiger partial charge in [0, 0.05) is 17.8 Å². The Morgan fingerprint density at radius 1 is 1.16 bits per heavy atom. The number of ketones is 1. The lowest BCUT2D eigenvalue weighted by Crippen LogP contribution is -2.24. The lowest BCUT2D eigenvalue weighted by Gasteiger charge is -2.04. The molecule has 31 heavy (non-hydrogen) atoms. The van der Waals surface area contributed by atoms with Crippen LogP contribution >= 0.6 is 11.3 Å². The highest BCUT2D eigenvalue weighted by atomic mass is 32.2. The maximum atomic E-state index is 12.2. The van der Waals surface area contributed by atoms with Crippen LogP contribution in [0.1, 0.15) is 26.8 Å². The lowest BCUT2D eigenvalue weighted by atomic mass is 10.2. The Balaban J connectivity index is 1.46. The van der Waals surface area contributed by atoms with Crippen LogP contribution < -0.4 is 10.3 Å². The molecule has 0 aliphatic rings. The Hall–Kier alpha value is -2.89. The number of sulfonamides is 1. The number of hydrogen-bond acceptors (Lipinski definition) is 8. The second kappa shape index (κ2) is 9.94. The Morgan fingerprint density at radius 3 is 2.71 bits per heavy atom. The number of rotatable bonds is 10. The van der Waals surface area contributed by atoms with Crippen LogP contribution in [-0.4, -0.2) is 49.5 Å². The highest BCUT2D eigenvalue weighted by molar-refractivity contribution is 7.88. The van der Waals surface area contributed by atoms with Gasteiger partial charge < -0.3 is 9.72 Å². The van der Waals surface area contributed by atoms with Crippen LogP contribution in [0.15, 0.2) is 41.2 Å². The number of fused-ring (bicyclic) bond motifs is 1. The molecule has 2 N–H and O–H groups in total. The Kier molecular flexibility index (Phi) is 7.31. The largest absolute Gasteiger partial charge is 0.457 e. The quantitative estimate of drug-likeness (QED) is 0.343. The Bertz CT molecular complexity index is 1260. The molecule has 0 fully saturated rings. The van der Waals surface area contributed by atoms with E-state index < -0.39 is 16.0 Å². The average Bonchev–Trinajstić information content (AvgIpc) is 3.18. The molecule has 0 saturated heterocycles. The zero-order valence-electron chi connectivity index (χ0n) is 16.7. The third-order valence-corrected chi connectivity index (χ3v) is 6.18. The maximum absolute atomic E-state index is 12.2. The number of aromatic nitrogens is 2. The van der Waals surface area contributed by atoms with E-state index in [2.05, 4.69) is 14.7 Å². The van der Waals surface area contributed by atoms with Crippen molar-refractivity contribution in [1.82, 2.24) is 14.7 Å². The molecule has 3 aromatic rings. The lowest BCUT2D eigenvalue weighted by molar-refractivity contribution is -0.142. The van der Waals surface area contributed by atoms with Crippen LogP contribution in [0.4, 0.5) is 0 Å². The summed E-state index contributed by atoms with van der Waals surface area (Å²) in [7, 11) is -3.25. The van der Waals surface area contributed by atoms with E-state index in [1.807, 2.05) is 0 Å². The molecule has 0 aliphatic carbocycles. The minimum absolute atomic E-state index is 0.0264. The fourth-order valence-electron chi connectivity index (χ4n) is 2.78. The molecular weight excluding hydrogens is 442 g/mol. The summed E-state index contributed by atoms with van der Waals surface area (Å²) in [6, 6.07) is 10.3. The van der Waals surface area contributed by atoms with Crippen molar-refractivity contribution in [3.63, 3.8) is 0 Å². The molecule has 0 bridgehead atoms. The van der Waals surface area contributed by atoms with Crippen LogP contribution in [0, 0.1) is 0 Å². The van der Waals surface area contributed by atoms with Gasteiger partial charge in [-0.15, -0.1) is 11.3 Å². The summed E-state index contributed by atoms with van der Waals surface area (Å²) in [5.74, 6) is -0.534. The number of aryl methyl sites for hydroxylation is 1. The predicted octanol–water partition coefficient (Wildman–Crippen LogP) is 1.43. The van der Waals surface area contributed by atoms with Crippen LogP contribution in [-0.2, 0) is 32.4 Å². The molecular formula is C20H21N3O6S2. The molecule has 2 aromatic heterocycles. The van der Waals surface area contributed by atoms with Crippen molar-refractivity contribution in [3.8, 4) is 0 Å². The zero-order valence-corrected chi connectivity index (χ0v) is 18.3. The molecule has 164 valence electrons. The van der Waals surface area contributed by atoms with Gasteiger partial charge in [-0.25, -0.2) is 18.1 Å². The molecule has 11 heteroatoms. The Morgan fingerprint density at radius 2 is 1.94 bits per heavy atom. The summed E-state index contributed by atoms with van der Waals surface area (Å²) in [6.07, 6.45) is 1.70. The SMILES string of the molecule is CS(=O)(=O)NCCc1ccc(C(=O)COC(=O)CCc2nc3ccccc3c(=O)[nH]2)s1. The third-order valence-electron chi connectivity index (χ3n) is 4.26. The highest BCUT2D eigenvalue weighted by Crippen LogP contribution is 2.18. The van der Waals surface area contributed by atoms with Gasteiger partial charge in [-0.05, 0) is 30.7 Å². The van der Waals surface area contributed by atoms with Crippen LogP contribution in [0.5, 0.6) is 0 Å². The molecule has 0 atom stereocenters. The Labute approximate surface area is 182 Å². The highest BCUT2D eigenvalue weighted by Gasteiger charge is 2.14. The van der Waals surface area contributed by atoms with Crippen molar-refractivity contribution < 1.29 is 22.7 Å². The van der Waals surface area contributed by atoms with E-state index in [-0.39, 0.29) is 37.3 Å². The summed E-state index contributed by atoms with van der Waals surface area (Å²) in [4.78, 5) is 44.5. The number of thiophene rings is 1. The number of hydrogen-bond donors (Lipinski definition) is 2. The van der Waals surface area contributed by atoms with Crippen molar-refractivity contribution in [3.05, 3.63) is 62.3 Å². The summed E-state index contributed by atoms with van der Waals surface area (Å²) >= 11 is 1.23. The number of benzene rings is 1. The van der Waals surface area contributed by atoms with Gasteiger partial charge in [-0.3, -0.25) is 14.4 Å². The van der Waals surface area contributed by atoms with E-state index >= 15 is 0 Å². The fourth-order valence-corrected chi connectivity index (χ4v) is 4.19. The number of carbonyl (C=O) groups excluding carboxylic acids is 2. The van der Waals surface area contributed by atoms with Gasteiger partial charge in [-0.2, -0.15) is 0 Å². The first kappa shape index (κ1) is 22.8. The number of H-pyrrole nitrogens is 1. The number of nitrogens with one attached hydrogen (secondary N) is 2. The van der Waals surface area contributed by atoms with Gasteiger partial charge in [0.2, 0.25) is 15.8 Å². The standard InChI is InChI=1S/C20H21N3O6S2/c1-31(27,28)21-11-10-13-6-7-17(30-13)16(24)12-29-19(25)9-8-18-22-15-5-3-2-4-14(15)20(26)23-18/h2-7,21H,8-12H2,1H3,(H,22,23,26). The maximum Gasteiger partial charge on any atom is 0.306 e. The number of para-hydroxylation sites is 1. The van der Waals surface area contributed by atoms with Gasteiger partial charge in [0.15, 0.2) is 6.61 Å². The molecule has 9 nitrogen and oxygen atoms in total. The van der Waals surface area contributed by atoms with Crippen LogP contribution in [0.2, 0.25) is 0 Å². The van der Waals surface area contributed by atoms with Crippen molar-refractivity contribution in [2.75, 3.05) is 19.4 Å². The van der Waals surface area contributed by atoms with E-state index in [1.54, 1.807) is 36.4 Å². The smallest absolute Gasteiger partial charge is 0.306 e. The molecule has 1 aromatic carbocycles. The minimum atomic E-state index is -3.25. The van der Waals surface area contributed by atoms with Crippen LogP contribution in [0.25, 0.3) is 10.9 Å². The fraction of sp³-hybridized carbons (Fsp3) is 0.300. The monoisotopic (exact) mass is 463 g/mol. The topological polar surface area (TPSA) is 135 Å². The van der Waals surface area contributed by atoms with Crippen molar-refractivity contribution in [1.29, 1.82) is 0 Å². The van der Waals surface area contributed by atoms with Crippen molar-refractivity contribution in [2.24, 2.45) is 0 Å². The first-order valence-electron chi connectivity index (χ1n) is 9.41. The van der Waals surface area contributed by atoms with Crippen molar-refractivity contribution >= 4 is 44.0 Å². The summed E-state index contributed by atoms with van der Waals surface area (Å²) in [5, 5.41) is 0.474. The van der Waals surface area contributed by atoms with E-state index in [0.717, 1.165) is 11.1 Å². The zero-order chi connectivity index (χ0) is 22.4. The number of aromatic amines is 1. The van der Waals surface area contributed by atoms with E-state index in [4.69, 9.17) is 4.74 Å². The number of ether oxygens (including phenoxy) is 1. The minimum Gasteiger partial charge on any atom is -0.457 e. The normalized spacial score (nSPS) is 11.5. The molecule has 2 heterocycles. The van der Waals surface area contributed by atoms with Gasteiger partial charge in [-0.1, -0.05) is 12.1 Å². The molecule has 3 rings (SSSR count). The van der Waals surface area contributed by atoms with Gasteiger partial charge in [0.05, 0.1) is 28.5 Å². The summed E-state index contributed by atoms with van der Waals surface area (Å²) < 4.78 is 29.6. The average molecular weight is 464 g/mol. The number of esters is 1. The van der Waals surface area contributed by atoms with Gasteiger partial charge in [0.25, 0.3) is 5.56 Å². The number of carbonyl (C=O) groups is 2.